The molecule has 0 bridgehead atoms. The van der Waals surface area contributed by atoms with Gasteiger partial charge in [0.1, 0.15) is 5.75 Å². The SMILES string of the molecule is O=C(Nc1ccn(Cc2ccncc2)n1)c1ccccc1O. The van der Waals surface area contributed by atoms with Gasteiger partial charge in [-0.3, -0.25) is 14.5 Å². The number of hydrogen-bond acceptors (Lipinski definition) is 4. The molecular weight excluding hydrogens is 280 g/mol. The molecule has 6 nitrogen and oxygen atoms in total. The lowest BCUT2D eigenvalue weighted by molar-refractivity contribution is 0.102. The molecule has 0 radical (unpaired) electrons. The number of aromatic nitrogens is 3. The van der Waals surface area contributed by atoms with Crippen LogP contribution in [0.1, 0.15) is 15.9 Å². The van der Waals surface area contributed by atoms with E-state index < -0.39 is 5.91 Å². The normalized spacial score (nSPS) is 10.4. The molecular formula is C16H14N4O2. The zero-order chi connectivity index (χ0) is 15.4. The van der Waals surface area contributed by atoms with Crippen LogP contribution < -0.4 is 5.32 Å². The fraction of sp³-hybridized carbons (Fsp3) is 0.0625. The Kier molecular flexibility index (Phi) is 3.82. The highest BCUT2D eigenvalue weighted by molar-refractivity contribution is 6.05. The fourth-order valence-corrected chi connectivity index (χ4v) is 2.04. The standard InChI is InChI=1S/C16H14N4O2/c21-14-4-2-1-3-13(14)16(22)18-15-7-10-20(19-15)11-12-5-8-17-9-6-12/h1-10,21H,11H2,(H,18,19,22). The number of hydrogen-bond donors (Lipinski definition) is 2. The average Bonchev–Trinajstić information content (AvgIpc) is 2.95. The number of amides is 1. The van der Waals surface area contributed by atoms with E-state index in [1.54, 1.807) is 47.5 Å². The quantitative estimate of drug-likeness (QED) is 0.773. The van der Waals surface area contributed by atoms with Crippen molar-refractivity contribution in [2.75, 3.05) is 5.32 Å². The molecule has 0 spiro atoms. The van der Waals surface area contributed by atoms with Crippen LogP contribution in [0.2, 0.25) is 0 Å². The Morgan fingerprint density at radius 2 is 1.91 bits per heavy atom. The number of phenolic OH excluding ortho intramolecular Hbond substituents is 1. The summed E-state index contributed by atoms with van der Waals surface area (Å²) in [6, 6.07) is 11.9. The largest absolute Gasteiger partial charge is 0.507 e. The smallest absolute Gasteiger partial charge is 0.260 e. The highest BCUT2D eigenvalue weighted by Crippen LogP contribution is 2.17. The number of nitrogens with zero attached hydrogens (tertiary/aromatic N) is 3. The van der Waals surface area contributed by atoms with Crippen LogP contribution in [0.15, 0.2) is 61.1 Å². The zero-order valence-corrected chi connectivity index (χ0v) is 11.7. The molecule has 2 N–H and O–H groups in total. The molecule has 2 aromatic heterocycles. The predicted molar refractivity (Wildman–Crippen MR) is 81.6 cm³/mol. The summed E-state index contributed by atoms with van der Waals surface area (Å²) in [4.78, 5) is 16.0. The average molecular weight is 294 g/mol. The van der Waals surface area contributed by atoms with Gasteiger partial charge in [-0.15, -0.1) is 0 Å². The van der Waals surface area contributed by atoms with Crippen LogP contribution in [-0.2, 0) is 6.54 Å². The van der Waals surface area contributed by atoms with E-state index in [2.05, 4.69) is 15.4 Å². The number of carbonyl (C=O) groups excluding carboxylic acids is 1. The molecule has 0 atom stereocenters. The number of anilines is 1. The van der Waals surface area contributed by atoms with Gasteiger partial charge in [0.2, 0.25) is 0 Å². The van der Waals surface area contributed by atoms with Crippen LogP contribution in [0.3, 0.4) is 0 Å². The van der Waals surface area contributed by atoms with E-state index in [0.29, 0.717) is 12.4 Å². The number of phenols is 1. The van der Waals surface area contributed by atoms with Gasteiger partial charge < -0.3 is 10.4 Å². The Labute approximate surface area is 127 Å². The van der Waals surface area contributed by atoms with Gasteiger partial charge in [-0.1, -0.05) is 12.1 Å². The third-order valence-electron chi connectivity index (χ3n) is 3.12. The summed E-state index contributed by atoms with van der Waals surface area (Å²) < 4.78 is 1.72. The number of para-hydroxylation sites is 1. The molecule has 1 amide bonds. The van der Waals surface area contributed by atoms with E-state index in [1.807, 2.05) is 12.1 Å². The number of nitrogens with one attached hydrogen (secondary N) is 1. The summed E-state index contributed by atoms with van der Waals surface area (Å²) in [6.07, 6.45) is 5.22. The molecule has 3 rings (SSSR count). The number of rotatable bonds is 4. The molecule has 0 aliphatic rings. The molecule has 1 aromatic carbocycles. The van der Waals surface area contributed by atoms with E-state index in [9.17, 15) is 9.90 Å². The third kappa shape index (κ3) is 3.12. The molecule has 0 saturated carbocycles. The van der Waals surface area contributed by atoms with Gasteiger partial charge in [0.05, 0.1) is 12.1 Å². The van der Waals surface area contributed by atoms with Crippen molar-refractivity contribution in [3.63, 3.8) is 0 Å². The summed E-state index contributed by atoms with van der Waals surface area (Å²) in [5.41, 5.74) is 1.28. The van der Waals surface area contributed by atoms with Crippen LogP contribution in [0.25, 0.3) is 0 Å². The predicted octanol–water partition coefficient (Wildman–Crippen LogP) is 2.28. The maximum atomic E-state index is 12.1. The second-order valence-corrected chi connectivity index (χ2v) is 4.73. The van der Waals surface area contributed by atoms with Crippen molar-refractivity contribution >= 4 is 11.7 Å². The van der Waals surface area contributed by atoms with Crippen LogP contribution >= 0.6 is 0 Å². The first-order chi connectivity index (χ1) is 10.7. The second-order valence-electron chi connectivity index (χ2n) is 4.73. The van der Waals surface area contributed by atoms with Gasteiger partial charge in [0.25, 0.3) is 5.91 Å². The molecule has 22 heavy (non-hydrogen) atoms. The topological polar surface area (TPSA) is 80.0 Å². The minimum atomic E-state index is -0.396. The van der Waals surface area contributed by atoms with Crippen molar-refractivity contribution in [2.24, 2.45) is 0 Å². The molecule has 0 fully saturated rings. The first-order valence-electron chi connectivity index (χ1n) is 6.74. The summed E-state index contributed by atoms with van der Waals surface area (Å²) in [7, 11) is 0. The van der Waals surface area contributed by atoms with E-state index in [0.717, 1.165) is 5.56 Å². The summed E-state index contributed by atoms with van der Waals surface area (Å²) in [5.74, 6) is -0.0224. The van der Waals surface area contributed by atoms with Gasteiger partial charge in [-0.25, -0.2) is 0 Å². The van der Waals surface area contributed by atoms with Crippen molar-refractivity contribution in [1.29, 1.82) is 0 Å². The van der Waals surface area contributed by atoms with Gasteiger partial charge in [0.15, 0.2) is 5.82 Å². The van der Waals surface area contributed by atoms with Crippen LogP contribution in [-0.4, -0.2) is 25.8 Å². The molecule has 3 aromatic rings. The van der Waals surface area contributed by atoms with E-state index >= 15 is 0 Å². The molecule has 0 aliphatic heterocycles. The van der Waals surface area contributed by atoms with E-state index in [-0.39, 0.29) is 11.3 Å². The van der Waals surface area contributed by atoms with Gasteiger partial charge in [-0.05, 0) is 29.8 Å². The number of pyridine rings is 1. The maximum absolute atomic E-state index is 12.1. The highest BCUT2D eigenvalue weighted by Gasteiger charge is 2.11. The lowest BCUT2D eigenvalue weighted by atomic mass is 10.2. The van der Waals surface area contributed by atoms with Crippen molar-refractivity contribution < 1.29 is 9.90 Å². The second kappa shape index (κ2) is 6.09. The van der Waals surface area contributed by atoms with Crippen LogP contribution in [0.5, 0.6) is 5.75 Å². The Bertz CT molecular complexity index is 784. The highest BCUT2D eigenvalue weighted by atomic mass is 16.3. The molecule has 110 valence electrons. The van der Waals surface area contributed by atoms with Gasteiger partial charge in [0, 0.05) is 24.7 Å². The van der Waals surface area contributed by atoms with Crippen LogP contribution in [0.4, 0.5) is 5.82 Å². The van der Waals surface area contributed by atoms with Gasteiger partial charge in [-0.2, -0.15) is 5.10 Å². The van der Waals surface area contributed by atoms with E-state index in [4.69, 9.17) is 0 Å². The van der Waals surface area contributed by atoms with Crippen molar-refractivity contribution in [3.8, 4) is 5.75 Å². The number of benzene rings is 1. The Hall–Kier alpha value is -3.15. The Balaban J connectivity index is 1.69. The lowest BCUT2D eigenvalue weighted by Crippen LogP contribution is -2.13. The zero-order valence-electron chi connectivity index (χ0n) is 11.7. The van der Waals surface area contributed by atoms with Gasteiger partial charge >= 0.3 is 0 Å². The van der Waals surface area contributed by atoms with Crippen molar-refractivity contribution in [2.45, 2.75) is 6.54 Å². The Morgan fingerprint density at radius 1 is 1.14 bits per heavy atom. The van der Waals surface area contributed by atoms with Crippen molar-refractivity contribution in [1.82, 2.24) is 14.8 Å². The summed E-state index contributed by atoms with van der Waals surface area (Å²) in [6.45, 7) is 0.592. The molecule has 0 aliphatic carbocycles. The van der Waals surface area contributed by atoms with Crippen LogP contribution in [0, 0.1) is 0 Å². The molecule has 0 saturated heterocycles. The number of aromatic hydroxyl groups is 1. The summed E-state index contributed by atoms with van der Waals surface area (Å²) in [5, 5.41) is 16.6. The minimum Gasteiger partial charge on any atom is -0.507 e. The van der Waals surface area contributed by atoms with E-state index in [1.165, 1.54) is 6.07 Å². The molecule has 2 heterocycles. The molecule has 0 unspecified atom stereocenters. The summed E-state index contributed by atoms with van der Waals surface area (Å²) >= 11 is 0. The number of carbonyl (C=O) groups is 1. The Morgan fingerprint density at radius 3 is 2.68 bits per heavy atom. The monoisotopic (exact) mass is 294 g/mol. The lowest BCUT2D eigenvalue weighted by Gasteiger charge is -2.04. The first-order valence-corrected chi connectivity index (χ1v) is 6.74. The fourth-order valence-electron chi connectivity index (χ4n) is 2.04. The first kappa shape index (κ1) is 13.8. The maximum Gasteiger partial charge on any atom is 0.260 e. The minimum absolute atomic E-state index is 0.0591. The molecule has 6 heteroatoms. The third-order valence-corrected chi connectivity index (χ3v) is 3.12. The van der Waals surface area contributed by atoms with Crippen molar-refractivity contribution in [3.05, 3.63) is 72.2 Å².